The lowest BCUT2D eigenvalue weighted by molar-refractivity contribution is -0.132. The molecule has 0 bridgehead atoms. The van der Waals surface area contributed by atoms with Gasteiger partial charge in [0.25, 0.3) is 0 Å². The number of nitrogens with zero attached hydrogens (tertiary/aromatic N) is 1. The molecule has 0 N–H and O–H groups in total. The smallest absolute Gasteiger partial charge is 0.223 e. The van der Waals surface area contributed by atoms with Gasteiger partial charge in [-0.25, -0.2) is 0 Å². The van der Waals surface area contributed by atoms with Crippen LogP contribution in [0.15, 0.2) is 48.5 Å². The van der Waals surface area contributed by atoms with Gasteiger partial charge in [-0.1, -0.05) is 36.4 Å². The molecule has 3 heteroatoms. The lowest BCUT2D eigenvalue weighted by Gasteiger charge is -2.29. The molecule has 2 aromatic rings. The molecule has 3 rings (SSSR count). The normalized spacial score (nSPS) is 13.6. The molecule has 1 amide bonds. The first kappa shape index (κ1) is 14.6. The van der Waals surface area contributed by atoms with Crippen LogP contribution in [0.4, 0.5) is 0 Å². The Labute approximate surface area is 131 Å². The number of fused-ring (bicyclic) bond motifs is 1. The third-order valence-corrected chi connectivity index (χ3v) is 4.25. The van der Waals surface area contributed by atoms with Crippen LogP contribution in [0.1, 0.15) is 23.1 Å². The Morgan fingerprint density at radius 3 is 2.73 bits per heavy atom. The van der Waals surface area contributed by atoms with E-state index in [1.165, 1.54) is 16.7 Å². The van der Waals surface area contributed by atoms with Gasteiger partial charge in [0, 0.05) is 19.5 Å². The minimum absolute atomic E-state index is 0.241. The van der Waals surface area contributed by atoms with Gasteiger partial charge in [-0.05, 0) is 41.7 Å². The largest absolute Gasteiger partial charge is 0.497 e. The van der Waals surface area contributed by atoms with Gasteiger partial charge in [0.15, 0.2) is 0 Å². The second kappa shape index (κ2) is 6.65. The Kier molecular flexibility index (Phi) is 4.42. The monoisotopic (exact) mass is 295 g/mol. The summed E-state index contributed by atoms with van der Waals surface area (Å²) in [4.78, 5) is 14.4. The first-order valence-electron chi connectivity index (χ1n) is 7.74. The number of benzene rings is 2. The van der Waals surface area contributed by atoms with E-state index >= 15 is 0 Å². The Hall–Kier alpha value is -2.29. The van der Waals surface area contributed by atoms with Gasteiger partial charge in [-0.15, -0.1) is 0 Å². The molecule has 22 heavy (non-hydrogen) atoms. The van der Waals surface area contributed by atoms with E-state index in [4.69, 9.17) is 4.74 Å². The summed E-state index contributed by atoms with van der Waals surface area (Å²) in [6.45, 7) is 1.51. The zero-order chi connectivity index (χ0) is 15.4. The lowest BCUT2D eigenvalue weighted by Crippen LogP contribution is -2.36. The summed E-state index contributed by atoms with van der Waals surface area (Å²) in [5.74, 6) is 1.13. The van der Waals surface area contributed by atoms with Crippen LogP contribution in [-0.2, 0) is 24.2 Å². The molecule has 0 aliphatic carbocycles. The fourth-order valence-corrected chi connectivity index (χ4v) is 2.92. The van der Waals surface area contributed by atoms with Gasteiger partial charge in [0.2, 0.25) is 5.91 Å². The lowest BCUT2D eigenvalue weighted by atomic mass is 9.99. The van der Waals surface area contributed by atoms with Crippen LogP contribution in [0.3, 0.4) is 0 Å². The van der Waals surface area contributed by atoms with Crippen molar-refractivity contribution >= 4 is 5.91 Å². The molecule has 0 atom stereocenters. The highest BCUT2D eigenvalue weighted by molar-refractivity contribution is 5.76. The molecule has 0 fully saturated rings. The van der Waals surface area contributed by atoms with Crippen LogP contribution in [0.2, 0.25) is 0 Å². The van der Waals surface area contributed by atoms with E-state index in [9.17, 15) is 4.79 Å². The number of methoxy groups -OCH3 is 1. The Morgan fingerprint density at radius 2 is 1.95 bits per heavy atom. The van der Waals surface area contributed by atoms with Crippen molar-refractivity contribution < 1.29 is 9.53 Å². The predicted octanol–water partition coefficient (Wildman–Crippen LogP) is 3.21. The molecule has 0 saturated heterocycles. The maximum absolute atomic E-state index is 12.4. The molecule has 0 radical (unpaired) electrons. The highest BCUT2D eigenvalue weighted by atomic mass is 16.5. The topological polar surface area (TPSA) is 29.5 Å². The summed E-state index contributed by atoms with van der Waals surface area (Å²) < 4.78 is 5.26. The molecule has 0 saturated carbocycles. The number of aryl methyl sites for hydroxylation is 1. The van der Waals surface area contributed by atoms with E-state index in [-0.39, 0.29) is 5.91 Å². The molecule has 0 unspecified atom stereocenters. The molecule has 3 nitrogen and oxygen atoms in total. The fraction of sp³-hybridized carbons (Fsp3) is 0.316. The Bertz CT molecular complexity index is 652. The average molecular weight is 295 g/mol. The molecule has 1 aliphatic rings. The molecule has 0 spiro atoms. The van der Waals surface area contributed by atoms with E-state index in [0.717, 1.165) is 25.1 Å². The van der Waals surface area contributed by atoms with Crippen molar-refractivity contribution in [3.05, 3.63) is 65.2 Å². The standard InChI is InChI=1S/C19H21NO2/c1-22-18-9-8-17-14-20(12-11-16(17)13-18)19(21)10-7-15-5-3-2-4-6-15/h2-6,8-9,13H,7,10-12,14H2,1H3. The van der Waals surface area contributed by atoms with E-state index in [0.29, 0.717) is 13.0 Å². The fourth-order valence-electron chi connectivity index (χ4n) is 2.92. The first-order chi connectivity index (χ1) is 10.8. The van der Waals surface area contributed by atoms with Crippen LogP contribution < -0.4 is 4.74 Å². The number of amides is 1. The summed E-state index contributed by atoms with van der Waals surface area (Å²) in [6.07, 6.45) is 2.30. The highest BCUT2D eigenvalue weighted by Crippen LogP contribution is 2.24. The van der Waals surface area contributed by atoms with Crippen LogP contribution in [0, 0.1) is 0 Å². The van der Waals surface area contributed by atoms with Crippen molar-refractivity contribution in [1.82, 2.24) is 4.90 Å². The number of carbonyl (C=O) groups excluding carboxylic acids is 1. The molecule has 2 aromatic carbocycles. The quantitative estimate of drug-likeness (QED) is 0.867. The van der Waals surface area contributed by atoms with E-state index < -0.39 is 0 Å². The summed E-state index contributed by atoms with van der Waals surface area (Å²) in [6, 6.07) is 16.3. The van der Waals surface area contributed by atoms with Crippen LogP contribution in [0.25, 0.3) is 0 Å². The van der Waals surface area contributed by atoms with Crippen molar-refractivity contribution in [3.63, 3.8) is 0 Å². The molecule has 1 heterocycles. The molecule has 114 valence electrons. The minimum atomic E-state index is 0.241. The number of hydrogen-bond acceptors (Lipinski definition) is 2. The first-order valence-corrected chi connectivity index (χ1v) is 7.74. The number of rotatable bonds is 4. The number of ether oxygens (including phenoxy) is 1. The maximum atomic E-state index is 12.4. The molecular weight excluding hydrogens is 274 g/mol. The summed E-state index contributed by atoms with van der Waals surface area (Å²) in [5, 5.41) is 0. The third-order valence-electron chi connectivity index (χ3n) is 4.25. The zero-order valence-corrected chi connectivity index (χ0v) is 12.9. The van der Waals surface area contributed by atoms with Crippen molar-refractivity contribution in [2.75, 3.05) is 13.7 Å². The van der Waals surface area contributed by atoms with E-state index in [2.05, 4.69) is 24.3 Å². The number of carbonyl (C=O) groups is 1. The van der Waals surface area contributed by atoms with Gasteiger partial charge < -0.3 is 9.64 Å². The molecule has 1 aliphatic heterocycles. The minimum Gasteiger partial charge on any atom is -0.497 e. The van der Waals surface area contributed by atoms with Gasteiger partial charge in [0.05, 0.1) is 7.11 Å². The van der Waals surface area contributed by atoms with Gasteiger partial charge in [-0.3, -0.25) is 4.79 Å². The van der Waals surface area contributed by atoms with Gasteiger partial charge in [-0.2, -0.15) is 0 Å². The van der Waals surface area contributed by atoms with Crippen molar-refractivity contribution in [1.29, 1.82) is 0 Å². The third kappa shape index (κ3) is 3.30. The van der Waals surface area contributed by atoms with Crippen molar-refractivity contribution in [2.24, 2.45) is 0 Å². The van der Waals surface area contributed by atoms with Crippen LogP contribution in [-0.4, -0.2) is 24.5 Å². The van der Waals surface area contributed by atoms with Crippen LogP contribution in [0.5, 0.6) is 5.75 Å². The Balaban J connectivity index is 1.60. The van der Waals surface area contributed by atoms with Crippen molar-refractivity contribution in [2.45, 2.75) is 25.8 Å². The van der Waals surface area contributed by atoms with Crippen LogP contribution >= 0.6 is 0 Å². The highest BCUT2D eigenvalue weighted by Gasteiger charge is 2.20. The Morgan fingerprint density at radius 1 is 1.14 bits per heavy atom. The second-order valence-electron chi connectivity index (χ2n) is 5.69. The zero-order valence-electron chi connectivity index (χ0n) is 12.9. The second-order valence-corrected chi connectivity index (χ2v) is 5.69. The van der Waals surface area contributed by atoms with Gasteiger partial charge >= 0.3 is 0 Å². The average Bonchev–Trinajstić information content (AvgIpc) is 2.59. The van der Waals surface area contributed by atoms with Crippen molar-refractivity contribution in [3.8, 4) is 5.75 Å². The van der Waals surface area contributed by atoms with E-state index in [1.54, 1.807) is 7.11 Å². The molecular formula is C19H21NO2. The molecule has 0 aromatic heterocycles. The van der Waals surface area contributed by atoms with Gasteiger partial charge in [0.1, 0.15) is 5.75 Å². The predicted molar refractivity (Wildman–Crippen MR) is 86.9 cm³/mol. The maximum Gasteiger partial charge on any atom is 0.223 e. The summed E-state index contributed by atoms with van der Waals surface area (Å²) >= 11 is 0. The number of hydrogen-bond donors (Lipinski definition) is 0. The summed E-state index contributed by atoms with van der Waals surface area (Å²) in [7, 11) is 1.68. The SMILES string of the molecule is COc1ccc2c(c1)CCN(C(=O)CCc1ccccc1)C2. The summed E-state index contributed by atoms with van der Waals surface area (Å²) in [5.41, 5.74) is 3.75. The van der Waals surface area contributed by atoms with E-state index in [1.807, 2.05) is 29.2 Å².